The van der Waals surface area contributed by atoms with Crippen LogP contribution in [0.5, 0.6) is 0 Å². The van der Waals surface area contributed by atoms with Gasteiger partial charge in [-0.05, 0) is 44.2 Å². The van der Waals surface area contributed by atoms with Crippen LogP contribution in [0, 0.1) is 6.92 Å². The number of hydrogen-bond acceptors (Lipinski definition) is 4. The fourth-order valence-electron chi connectivity index (χ4n) is 3.03. The normalized spacial score (nSPS) is 20.8. The summed E-state index contributed by atoms with van der Waals surface area (Å²) >= 11 is 1.44. The molecule has 1 aliphatic rings. The van der Waals surface area contributed by atoms with E-state index in [0.29, 0.717) is 5.75 Å². The molecule has 1 heterocycles. The average molecular weight is 345 g/mol. The van der Waals surface area contributed by atoms with Gasteiger partial charge in [-0.1, -0.05) is 30.0 Å². The zero-order chi connectivity index (χ0) is 16.9. The number of para-hydroxylation sites is 1. The van der Waals surface area contributed by atoms with Gasteiger partial charge in [-0.25, -0.2) is 4.98 Å². The third-order valence-corrected chi connectivity index (χ3v) is 5.34. The largest absolute Gasteiger partial charge is 0.393 e. The van der Waals surface area contributed by atoms with Crippen LogP contribution in [-0.4, -0.2) is 38.5 Å². The number of aliphatic hydroxyl groups excluding tert-OH is 1. The number of aromatic nitrogens is 2. The van der Waals surface area contributed by atoms with Crippen molar-refractivity contribution in [2.45, 2.75) is 49.9 Å². The molecule has 1 aliphatic carbocycles. The number of nitrogens with zero attached hydrogens (tertiary/aromatic N) is 2. The molecule has 24 heavy (non-hydrogen) atoms. The molecule has 0 unspecified atom stereocenters. The third kappa shape index (κ3) is 4.19. The fraction of sp³-hybridized carbons (Fsp3) is 0.444. The highest BCUT2D eigenvalue weighted by Crippen LogP contribution is 2.23. The number of carbonyl (C=O) groups excluding carboxylic acids is 1. The number of rotatable bonds is 5. The molecule has 0 aliphatic heterocycles. The van der Waals surface area contributed by atoms with E-state index in [2.05, 4.69) is 29.4 Å². The number of imidazole rings is 1. The molecule has 5 nitrogen and oxygen atoms in total. The quantitative estimate of drug-likeness (QED) is 0.818. The zero-order valence-electron chi connectivity index (χ0n) is 13.8. The van der Waals surface area contributed by atoms with Crippen molar-refractivity contribution in [3.05, 3.63) is 42.2 Å². The molecule has 1 saturated carbocycles. The number of hydrogen-bond donors (Lipinski definition) is 2. The van der Waals surface area contributed by atoms with Gasteiger partial charge in [0.05, 0.1) is 17.5 Å². The highest BCUT2D eigenvalue weighted by Gasteiger charge is 2.21. The summed E-state index contributed by atoms with van der Waals surface area (Å²) in [6, 6.07) is 8.32. The van der Waals surface area contributed by atoms with E-state index in [1.54, 1.807) is 6.20 Å². The van der Waals surface area contributed by atoms with Gasteiger partial charge in [-0.15, -0.1) is 0 Å². The van der Waals surface area contributed by atoms with E-state index in [9.17, 15) is 9.90 Å². The Hall–Kier alpha value is -1.79. The molecule has 0 radical (unpaired) electrons. The number of aryl methyl sites for hydroxylation is 1. The predicted octanol–water partition coefficient (Wildman–Crippen LogP) is 2.69. The number of carbonyl (C=O) groups is 1. The lowest BCUT2D eigenvalue weighted by molar-refractivity contribution is -0.119. The molecule has 128 valence electrons. The lowest BCUT2D eigenvalue weighted by Crippen LogP contribution is -2.39. The summed E-state index contributed by atoms with van der Waals surface area (Å²) in [5, 5.41) is 13.4. The molecule has 0 bridgehead atoms. The second-order valence-corrected chi connectivity index (χ2v) is 7.17. The van der Waals surface area contributed by atoms with Gasteiger partial charge in [0.15, 0.2) is 5.16 Å². The predicted molar refractivity (Wildman–Crippen MR) is 95.4 cm³/mol. The SMILES string of the molecule is Cc1ccccc1-n1ccnc1SCC(=O)NC1CCC(O)CC1. The van der Waals surface area contributed by atoms with E-state index in [0.717, 1.165) is 36.5 Å². The maximum absolute atomic E-state index is 12.2. The average Bonchev–Trinajstić information content (AvgIpc) is 3.04. The van der Waals surface area contributed by atoms with Crippen LogP contribution in [0.25, 0.3) is 5.69 Å². The molecule has 1 amide bonds. The first-order valence-electron chi connectivity index (χ1n) is 8.33. The number of thioether (sulfide) groups is 1. The Bertz CT molecular complexity index is 693. The fourth-order valence-corrected chi connectivity index (χ4v) is 3.81. The molecule has 0 saturated heterocycles. The van der Waals surface area contributed by atoms with Gasteiger partial charge in [0.1, 0.15) is 0 Å². The Labute approximate surface area is 146 Å². The lowest BCUT2D eigenvalue weighted by Gasteiger charge is -2.26. The Morgan fingerprint density at radius 1 is 1.33 bits per heavy atom. The molecular weight excluding hydrogens is 322 g/mol. The molecule has 1 aromatic heterocycles. The summed E-state index contributed by atoms with van der Waals surface area (Å²) in [4.78, 5) is 16.5. The minimum atomic E-state index is -0.200. The summed E-state index contributed by atoms with van der Waals surface area (Å²) < 4.78 is 2.02. The zero-order valence-corrected chi connectivity index (χ0v) is 14.6. The first-order chi connectivity index (χ1) is 11.6. The van der Waals surface area contributed by atoms with Gasteiger partial charge < -0.3 is 10.4 Å². The molecule has 1 fully saturated rings. The maximum atomic E-state index is 12.2. The smallest absolute Gasteiger partial charge is 0.230 e. The molecular formula is C18H23N3O2S. The van der Waals surface area contributed by atoms with Crippen molar-refractivity contribution < 1.29 is 9.90 Å². The molecule has 0 atom stereocenters. The van der Waals surface area contributed by atoms with E-state index >= 15 is 0 Å². The van der Waals surface area contributed by atoms with Crippen LogP contribution in [0.4, 0.5) is 0 Å². The van der Waals surface area contributed by atoms with Crippen molar-refractivity contribution >= 4 is 17.7 Å². The van der Waals surface area contributed by atoms with Crippen molar-refractivity contribution in [1.82, 2.24) is 14.9 Å². The Morgan fingerprint density at radius 3 is 2.83 bits per heavy atom. The first-order valence-corrected chi connectivity index (χ1v) is 9.31. The molecule has 1 aromatic carbocycles. The highest BCUT2D eigenvalue weighted by molar-refractivity contribution is 7.99. The molecule has 6 heteroatoms. The number of aliphatic hydroxyl groups is 1. The summed E-state index contributed by atoms with van der Waals surface area (Å²) in [7, 11) is 0. The van der Waals surface area contributed by atoms with Gasteiger partial charge in [0, 0.05) is 18.4 Å². The maximum Gasteiger partial charge on any atom is 0.230 e. The van der Waals surface area contributed by atoms with Gasteiger partial charge >= 0.3 is 0 Å². The summed E-state index contributed by atoms with van der Waals surface area (Å²) in [5.41, 5.74) is 2.25. The molecule has 2 N–H and O–H groups in total. The summed E-state index contributed by atoms with van der Waals surface area (Å²) in [6.07, 6.45) is 6.74. The number of amides is 1. The standard InChI is InChI=1S/C18H23N3O2S/c1-13-4-2-3-5-16(13)21-11-10-19-18(21)24-12-17(23)20-14-6-8-15(22)9-7-14/h2-5,10-11,14-15,22H,6-9,12H2,1H3,(H,20,23). The topological polar surface area (TPSA) is 67.2 Å². The Morgan fingerprint density at radius 2 is 2.08 bits per heavy atom. The minimum Gasteiger partial charge on any atom is -0.393 e. The summed E-state index contributed by atoms with van der Waals surface area (Å²) in [6.45, 7) is 2.06. The number of benzene rings is 1. The van der Waals surface area contributed by atoms with Gasteiger partial charge in [-0.2, -0.15) is 0 Å². The monoisotopic (exact) mass is 345 g/mol. The van der Waals surface area contributed by atoms with Crippen LogP contribution < -0.4 is 5.32 Å². The first kappa shape index (κ1) is 17.0. The van der Waals surface area contributed by atoms with Crippen molar-refractivity contribution in [2.24, 2.45) is 0 Å². The second kappa shape index (κ2) is 7.85. The van der Waals surface area contributed by atoms with E-state index in [1.165, 1.54) is 17.3 Å². The van der Waals surface area contributed by atoms with Gasteiger partial charge in [0.25, 0.3) is 0 Å². The third-order valence-electron chi connectivity index (χ3n) is 4.38. The van der Waals surface area contributed by atoms with Crippen LogP contribution >= 0.6 is 11.8 Å². The Balaban J connectivity index is 1.57. The molecule has 3 rings (SSSR count). The van der Waals surface area contributed by atoms with E-state index < -0.39 is 0 Å². The van der Waals surface area contributed by atoms with Crippen molar-refractivity contribution in [3.63, 3.8) is 0 Å². The second-order valence-electron chi connectivity index (χ2n) is 6.23. The highest BCUT2D eigenvalue weighted by atomic mass is 32.2. The van der Waals surface area contributed by atoms with Crippen LogP contribution in [0.15, 0.2) is 41.8 Å². The van der Waals surface area contributed by atoms with Crippen LogP contribution in [0.3, 0.4) is 0 Å². The lowest BCUT2D eigenvalue weighted by atomic mass is 9.93. The van der Waals surface area contributed by atoms with E-state index in [-0.39, 0.29) is 18.1 Å². The van der Waals surface area contributed by atoms with Crippen LogP contribution in [-0.2, 0) is 4.79 Å². The van der Waals surface area contributed by atoms with Crippen molar-refractivity contribution in [2.75, 3.05) is 5.75 Å². The Kier molecular flexibility index (Phi) is 5.58. The number of nitrogens with one attached hydrogen (secondary N) is 1. The molecule has 2 aromatic rings. The van der Waals surface area contributed by atoms with Gasteiger partial charge in [-0.3, -0.25) is 9.36 Å². The van der Waals surface area contributed by atoms with E-state index in [4.69, 9.17) is 0 Å². The van der Waals surface area contributed by atoms with Crippen LogP contribution in [0.2, 0.25) is 0 Å². The van der Waals surface area contributed by atoms with Crippen molar-refractivity contribution in [3.8, 4) is 5.69 Å². The summed E-state index contributed by atoms with van der Waals surface area (Å²) in [5.74, 6) is 0.378. The van der Waals surface area contributed by atoms with E-state index in [1.807, 2.05) is 22.9 Å². The molecule has 0 spiro atoms. The van der Waals surface area contributed by atoms with Gasteiger partial charge in [0.2, 0.25) is 5.91 Å². The minimum absolute atomic E-state index is 0.0284. The van der Waals surface area contributed by atoms with Crippen molar-refractivity contribution in [1.29, 1.82) is 0 Å². The van der Waals surface area contributed by atoms with Crippen LogP contribution in [0.1, 0.15) is 31.2 Å².